The fourth-order valence-electron chi connectivity index (χ4n) is 3.53. The number of ketones is 1. The highest BCUT2D eigenvalue weighted by atomic mass is 19.1. The summed E-state index contributed by atoms with van der Waals surface area (Å²) < 4.78 is 19.3. The Morgan fingerprint density at radius 2 is 1.81 bits per heavy atom. The zero-order chi connectivity index (χ0) is 23.5. The van der Waals surface area contributed by atoms with Gasteiger partial charge in [0.1, 0.15) is 12.3 Å². The number of carboxylic acid groups (broad SMARTS) is 1. The SMILES string of the molecule is CC1(C)CC(=O)C(C(=O)NCC(=O)O)C(=O)N1Cc1ccc(Oc2ccccc2F)cc1. The van der Waals surface area contributed by atoms with Crippen LogP contribution in [0.5, 0.6) is 11.5 Å². The standard InChI is InChI=1S/C23H23FN2O6/c1-23(2)11-17(27)20(21(30)25-12-19(28)29)22(31)26(23)13-14-7-9-15(10-8-14)32-18-6-4-3-5-16(18)24/h3-10,20H,11-13H2,1-2H3,(H,25,30)(H,28,29). The third kappa shape index (κ3) is 5.11. The molecular weight excluding hydrogens is 419 g/mol. The van der Waals surface area contributed by atoms with Crippen LogP contribution in [0.1, 0.15) is 25.8 Å². The number of ether oxygens (including phenoxy) is 1. The number of halogens is 1. The van der Waals surface area contributed by atoms with Gasteiger partial charge in [-0.1, -0.05) is 24.3 Å². The van der Waals surface area contributed by atoms with Crippen molar-refractivity contribution in [1.29, 1.82) is 0 Å². The average molecular weight is 442 g/mol. The molecule has 1 fully saturated rings. The van der Waals surface area contributed by atoms with Crippen molar-refractivity contribution in [3.63, 3.8) is 0 Å². The monoisotopic (exact) mass is 442 g/mol. The number of hydrogen-bond acceptors (Lipinski definition) is 5. The molecule has 168 valence electrons. The number of carbonyl (C=O) groups is 4. The largest absolute Gasteiger partial charge is 0.480 e. The lowest BCUT2D eigenvalue weighted by Crippen LogP contribution is -2.60. The van der Waals surface area contributed by atoms with Crippen LogP contribution in [0.25, 0.3) is 0 Å². The van der Waals surface area contributed by atoms with Crippen LogP contribution in [0.4, 0.5) is 4.39 Å². The molecule has 2 N–H and O–H groups in total. The van der Waals surface area contributed by atoms with Gasteiger partial charge in [-0.25, -0.2) is 4.39 Å². The molecule has 0 saturated carbocycles. The number of nitrogens with zero attached hydrogens (tertiary/aromatic N) is 1. The molecule has 9 heteroatoms. The number of piperidine rings is 1. The van der Waals surface area contributed by atoms with Crippen molar-refractivity contribution in [2.45, 2.75) is 32.4 Å². The molecule has 0 aliphatic carbocycles. The number of likely N-dealkylation sites (tertiary alicyclic amines) is 1. The number of aliphatic carboxylic acids is 1. The van der Waals surface area contributed by atoms with Crippen molar-refractivity contribution < 1.29 is 33.4 Å². The number of amides is 2. The second-order valence-electron chi connectivity index (χ2n) is 8.10. The highest BCUT2D eigenvalue weighted by molar-refractivity contribution is 6.20. The Morgan fingerprint density at radius 1 is 1.16 bits per heavy atom. The molecule has 1 aliphatic rings. The first-order chi connectivity index (χ1) is 15.1. The van der Waals surface area contributed by atoms with Gasteiger partial charge in [-0.3, -0.25) is 19.2 Å². The minimum Gasteiger partial charge on any atom is -0.480 e. The highest BCUT2D eigenvalue weighted by Gasteiger charge is 2.48. The van der Waals surface area contributed by atoms with E-state index in [1.807, 2.05) is 0 Å². The molecule has 0 spiro atoms. The molecule has 0 aromatic heterocycles. The molecule has 3 rings (SSSR count). The van der Waals surface area contributed by atoms with Crippen LogP contribution in [0.15, 0.2) is 48.5 Å². The fourth-order valence-corrected chi connectivity index (χ4v) is 3.53. The summed E-state index contributed by atoms with van der Waals surface area (Å²) in [6.07, 6.45) is -0.0433. The van der Waals surface area contributed by atoms with Crippen molar-refractivity contribution in [3.05, 3.63) is 59.9 Å². The Hall–Kier alpha value is -3.75. The van der Waals surface area contributed by atoms with Crippen molar-refractivity contribution in [2.75, 3.05) is 6.54 Å². The smallest absolute Gasteiger partial charge is 0.322 e. The average Bonchev–Trinajstić information content (AvgIpc) is 2.72. The van der Waals surface area contributed by atoms with Crippen LogP contribution < -0.4 is 10.1 Å². The lowest BCUT2D eigenvalue weighted by atomic mass is 9.82. The van der Waals surface area contributed by atoms with E-state index < -0.39 is 47.4 Å². The van der Waals surface area contributed by atoms with Gasteiger partial charge in [0.05, 0.1) is 0 Å². The third-order valence-electron chi connectivity index (χ3n) is 5.18. The van der Waals surface area contributed by atoms with Gasteiger partial charge in [-0.2, -0.15) is 0 Å². The summed E-state index contributed by atoms with van der Waals surface area (Å²) in [6, 6.07) is 12.7. The van der Waals surface area contributed by atoms with E-state index in [2.05, 4.69) is 5.32 Å². The van der Waals surface area contributed by atoms with Crippen molar-refractivity contribution >= 4 is 23.6 Å². The molecule has 0 bridgehead atoms. The van der Waals surface area contributed by atoms with E-state index in [-0.39, 0.29) is 18.7 Å². The van der Waals surface area contributed by atoms with Gasteiger partial charge in [0.15, 0.2) is 23.3 Å². The third-order valence-corrected chi connectivity index (χ3v) is 5.18. The van der Waals surface area contributed by atoms with Gasteiger partial charge >= 0.3 is 5.97 Å². The second-order valence-corrected chi connectivity index (χ2v) is 8.10. The minimum atomic E-state index is -1.58. The lowest BCUT2D eigenvalue weighted by molar-refractivity contribution is -0.158. The van der Waals surface area contributed by atoms with Crippen molar-refractivity contribution in [2.24, 2.45) is 5.92 Å². The molecule has 8 nitrogen and oxygen atoms in total. The Balaban J connectivity index is 1.74. The number of hydrogen-bond donors (Lipinski definition) is 2. The van der Waals surface area contributed by atoms with E-state index in [9.17, 15) is 23.6 Å². The van der Waals surface area contributed by atoms with Gasteiger partial charge in [-0.15, -0.1) is 0 Å². The Kier molecular flexibility index (Phi) is 6.57. The molecule has 0 radical (unpaired) electrons. The summed E-state index contributed by atoms with van der Waals surface area (Å²) in [5.41, 5.74) is -0.119. The topological polar surface area (TPSA) is 113 Å². The van der Waals surface area contributed by atoms with Gasteiger partial charge < -0.3 is 20.1 Å². The fraction of sp³-hybridized carbons (Fsp3) is 0.304. The van der Waals surface area contributed by atoms with Gasteiger partial charge in [-0.05, 0) is 43.7 Å². The first kappa shape index (κ1) is 22.9. The minimum absolute atomic E-state index is 0.0433. The summed E-state index contributed by atoms with van der Waals surface area (Å²) in [7, 11) is 0. The number of carboxylic acids is 1. The zero-order valence-corrected chi connectivity index (χ0v) is 17.6. The second kappa shape index (κ2) is 9.17. The van der Waals surface area contributed by atoms with Crippen LogP contribution in [0.2, 0.25) is 0 Å². The van der Waals surface area contributed by atoms with Crippen LogP contribution in [0.3, 0.4) is 0 Å². The molecule has 1 saturated heterocycles. The van der Waals surface area contributed by atoms with Gasteiger partial charge in [0, 0.05) is 18.5 Å². The summed E-state index contributed by atoms with van der Waals surface area (Å²) in [6.45, 7) is 2.90. The lowest BCUT2D eigenvalue weighted by Gasteiger charge is -2.44. The summed E-state index contributed by atoms with van der Waals surface area (Å²) in [5.74, 6) is -5.00. The van der Waals surface area contributed by atoms with Crippen molar-refractivity contribution in [1.82, 2.24) is 10.2 Å². The summed E-state index contributed by atoms with van der Waals surface area (Å²) in [4.78, 5) is 49.9. The van der Waals surface area contributed by atoms with Crippen LogP contribution in [-0.2, 0) is 25.7 Å². The molecule has 1 heterocycles. The van der Waals surface area contributed by atoms with E-state index in [0.29, 0.717) is 11.3 Å². The van der Waals surface area contributed by atoms with E-state index in [1.165, 1.54) is 17.0 Å². The Morgan fingerprint density at radius 3 is 2.44 bits per heavy atom. The molecule has 2 aromatic rings. The van der Waals surface area contributed by atoms with Crippen LogP contribution >= 0.6 is 0 Å². The predicted molar refractivity (Wildman–Crippen MR) is 111 cm³/mol. The maximum Gasteiger partial charge on any atom is 0.322 e. The zero-order valence-electron chi connectivity index (χ0n) is 17.6. The van der Waals surface area contributed by atoms with E-state index >= 15 is 0 Å². The molecule has 2 aromatic carbocycles. The van der Waals surface area contributed by atoms with E-state index in [4.69, 9.17) is 9.84 Å². The maximum absolute atomic E-state index is 13.8. The summed E-state index contributed by atoms with van der Waals surface area (Å²) in [5, 5.41) is 10.8. The van der Waals surface area contributed by atoms with E-state index in [0.717, 1.165) is 0 Å². The van der Waals surface area contributed by atoms with Gasteiger partial charge in [0.25, 0.3) is 0 Å². The summed E-state index contributed by atoms with van der Waals surface area (Å²) >= 11 is 0. The molecular formula is C23H23FN2O6. The molecule has 2 amide bonds. The number of benzene rings is 2. The molecule has 1 unspecified atom stereocenters. The highest BCUT2D eigenvalue weighted by Crippen LogP contribution is 2.32. The van der Waals surface area contributed by atoms with Crippen molar-refractivity contribution in [3.8, 4) is 11.5 Å². The normalized spacial score (nSPS) is 17.7. The van der Waals surface area contributed by atoms with Gasteiger partial charge in [0.2, 0.25) is 11.8 Å². The number of carbonyl (C=O) groups excluding carboxylic acids is 3. The quantitative estimate of drug-likeness (QED) is 0.637. The number of Topliss-reactive ketones (excluding diaryl/α,β-unsaturated/α-hetero) is 1. The number of rotatable bonds is 7. The van der Waals surface area contributed by atoms with E-state index in [1.54, 1.807) is 50.2 Å². The maximum atomic E-state index is 13.8. The first-order valence-electron chi connectivity index (χ1n) is 9.93. The first-order valence-corrected chi connectivity index (χ1v) is 9.93. The van der Waals surface area contributed by atoms with Crippen LogP contribution in [0, 0.1) is 11.7 Å². The molecule has 1 aliphatic heterocycles. The molecule has 1 atom stereocenters. The predicted octanol–water partition coefficient (Wildman–Crippen LogP) is 2.52. The Bertz CT molecular complexity index is 1050. The number of para-hydroxylation sites is 1. The Labute approximate surface area is 184 Å². The molecule has 32 heavy (non-hydrogen) atoms. The number of nitrogens with one attached hydrogen (secondary N) is 1. The van der Waals surface area contributed by atoms with Crippen LogP contribution in [-0.4, -0.2) is 45.7 Å².